The number of imidazole rings is 1. The first-order valence-corrected chi connectivity index (χ1v) is 6.83. The number of carbonyl (C=O) groups excluding carboxylic acids is 1. The van der Waals surface area contributed by atoms with E-state index in [2.05, 4.69) is 15.2 Å². The van der Waals surface area contributed by atoms with Gasteiger partial charge in [-0.15, -0.1) is 0 Å². The lowest BCUT2D eigenvalue weighted by atomic mass is 10.4. The second-order valence-corrected chi connectivity index (χ2v) is 5.33. The lowest BCUT2D eigenvalue weighted by Gasteiger charge is -2.20. The number of nitro groups is 1. The van der Waals surface area contributed by atoms with Gasteiger partial charge in [0.2, 0.25) is 5.82 Å². The summed E-state index contributed by atoms with van der Waals surface area (Å²) in [5, 5.41) is 13.6. The molecule has 0 fully saturated rings. The van der Waals surface area contributed by atoms with E-state index < -0.39 is 15.7 Å². The molecule has 0 radical (unpaired) electrons. The summed E-state index contributed by atoms with van der Waals surface area (Å²) < 4.78 is 1.29. The van der Waals surface area contributed by atoms with Gasteiger partial charge in [-0.2, -0.15) is 4.83 Å². The van der Waals surface area contributed by atoms with Crippen molar-refractivity contribution in [3.8, 4) is 0 Å². The Balaban J connectivity index is 2.23. The van der Waals surface area contributed by atoms with Crippen molar-refractivity contribution in [2.45, 2.75) is 4.84 Å². The first kappa shape index (κ1) is 14.9. The number of aromatic nitrogens is 2. The van der Waals surface area contributed by atoms with Crippen LogP contribution in [-0.4, -0.2) is 30.3 Å². The van der Waals surface area contributed by atoms with Gasteiger partial charge in [-0.1, -0.05) is 23.2 Å². The first-order valence-electron chi connectivity index (χ1n) is 5.08. The summed E-state index contributed by atoms with van der Waals surface area (Å²) in [7, 11) is 1.50. The van der Waals surface area contributed by atoms with Crippen LogP contribution in [0.2, 0.25) is 0 Å². The molecule has 2 N–H and O–H groups in total. The molecule has 20 heavy (non-hydrogen) atoms. The highest BCUT2D eigenvalue weighted by Gasteiger charge is 2.29. The Morgan fingerprint density at radius 3 is 2.90 bits per heavy atom. The van der Waals surface area contributed by atoms with E-state index in [0.29, 0.717) is 11.5 Å². The number of hydrogen-bond acceptors (Lipinski definition) is 7. The van der Waals surface area contributed by atoms with Crippen LogP contribution in [0.3, 0.4) is 0 Å². The van der Waals surface area contributed by atoms with Crippen molar-refractivity contribution in [3.05, 3.63) is 27.5 Å². The molecule has 12 heteroatoms. The van der Waals surface area contributed by atoms with Gasteiger partial charge in [0.05, 0.1) is 7.05 Å². The molecule has 0 saturated heterocycles. The molecule has 1 aliphatic rings. The topological polar surface area (TPSA) is 105 Å². The van der Waals surface area contributed by atoms with E-state index in [9.17, 15) is 14.9 Å². The highest BCUT2D eigenvalue weighted by Crippen LogP contribution is 2.27. The van der Waals surface area contributed by atoms with E-state index in [1.54, 1.807) is 5.41 Å². The third kappa shape index (κ3) is 2.82. The average molecular weight is 339 g/mol. The summed E-state index contributed by atoms with van der Waals surface area (Å²) in [5.74, 6) is -0.509. The SMILES string of the molecule is Cn1c([N+](=O)[O-])cnc1C1=CSNN1NC(=O)C(Cl)Cl. The molecule has 0 aromatic carbocycles. The van der Waals surface area contributed by atoms with E-state index >= 15 is 0 Å². The Morgan fingerprint density at radius 2 is 2.35 bits per heavy atom. The molecular weight excluding hydrogens is 331 g/mol. The molecule has 0 aliphatic carbocycles. The standard InChI is InChI=1S/C8H8Cl2N6O3S/c1-14-5(16(18)19)2-11-7(14)4-3-20-13-15(4)12-8(17)6(9)10/h2-3,6,13H,1H3,(H,12,17). The van der Waals surface area contributed by atoms with Crippen LogP contribution in [0.25, 0.3) is 5.70 Å². The molecule has 1 aromatic heterocycles. The van der Waals surface area contributed by atoms with Crippen molar-refractivity contribution in [2.24, 2.45) is 7.05 Å². The van der Waals surface area contributed by atoms with Crippen molar-refractivity contribution in [1.29, 1.82) is 0 Å². The minimum atomic E-state index is -1.24. The fraction of sp³-hybridized carbons (Fsp3) is 0.250. The van der Waals surface area contributed by atoms with Gasteiger partial charge < -0.3 is 10.1 Å². The maximum atomic E-state index is 11.4. The fourth-order valence-electron chi connectivity index (χ4n) is 1.44. The maximum absolute atomic E-state index is 11.4. The van der Waals surface area contributed by atoms with E-state index in [-0.39, 0.29) is 5.82 Å². The zero-order chi connectivity index (χ0) is 14.9. The van der Waals surface area contributed by atoms with Gasteiger partial charge in [-0.05, 0) is 16.9 Å². The zero-order valence-electron chi connectivity index (χ0n) is 9.91. The highest BCUT2D eigenvalue weighted by molar-refractivity contribution is 8.00. The molecule has 2 heterocycles. The van der Waals surface area contributed by atoms with Crippen molar-refractivity contribution in [1.82, 2.24) is 24.9 Å². The van der Waals surface area contributed by atoms with Gasteiger partial charge >= 0.3 is 5.82 Å². The molecule has 2 rings (SSSR count). The van der Waals surface area contributed by atoms with Crippen LogP contribution in [0.5, 0.6) is 0 Å². The molecule has 0 bridgehead atoms. The molecule has 9 nitrogen and oxygen atoms in total. The normalized spacial score (nSPS) is 14.6. The number of rotatable bonds is 4. The van der Waals surface area contributed by atoms with E-state index in [1.807, 2.05) is 0 Å². The highest BCUT2D eigenvalue weighted by atomic mass is 35.5. The summed E-state index contributed by atoms with van der Waals surface area (Å²) in [6.07, 6.45) is 1.13. The van der Waals surface area contributed by atoms with E-state index in [0.717, 1.165) is 18.1 Å². The monoisotopic (exact) mass is 338 g/mol. The minimum Gasteiger partial charge on any atom is -0.358 e. The Morgan fingerprint density at radius 1 is 1.65 bits per heavy atom. The summed E-state index contributed by atoms with van der Waals surface area (Å²) in [5.41, 5.74) is 2.82. The molecule has 1 amide bonds. The van der Waals surface area contributed by atoms with Crippen LogP contribution in [0.15, 0.2) is 11.6 Å². The maximum Gasteiger partial charge on any atom is 0.342 e. The van der Waals surface area contributed by atoms with E-state index in [4.69, 9.17) is 23.2 Å². The van der Waals surface area contributed by atoms with Gasteiger partial charge in [0.1, 0.15) is 6.20 Å². The van der Waals surface area contributed by atoms with Crippen molar-refractivity contribution < 1.29 is 9.72 Å². The zero-order valence-corrected chi connectivity index (χ0v) is 12.2. The second-order valence-electron chi connectivity index (χ2n) is 3.58. The summed E-state index contributed by atoms with van der Waals surface area (Å²) in [6.45, 7) is 0. The summed E-state index contributed by atoms with van der Waals surface area (Å²) in [6, 6.07) is 0. The van der Waals surface area contributed by atoms with Crippen molar-refractivity contribution >= 4 is 52.6 Å². The van der Waals surface area contributed by atoms with Crippen LogP contribution in [0.1, 0.15) is 5.82 Å². The number of amides is 1. The van der Waals surface area contributed by atoms with Crippen LogP contribution in [-0.2, 0) is 11.8 Å². The number of nitrogens with one attached hydrogen (secondary N) is 2. The third-order valence-electron chi connectivity index (χ3n) is 2.36. The molecule has 0 saturated carbocycles. The minimum absolute atomic E-state index is 0.170. The molecular formula is C8H8Cl2N6O3S. The molecule has 0 spiro atoms. The Hall–Kier alpha value is -1.49. The summed E-state index contributed by atoms with van der Waals surface area (Å²) in [4.78, 5) is 27.1. The van der Waals surface area contributed by atoms with Crippen LogP contribution in [0, 0.1) is 10.1 Å². The number of nitrogens with zero attached hydrogens (tertiary/aromatic N) is 4. The van der Waals surface area contributed by atoms with Gasteiger partial charge in [0, 0.05) is 5.41 Å². The predicted octanol–water partition coefficient (Wildman–Crippen LogP) is 0.930. The van der Waals surface area contributed by atoms with Crippen molar-refractivity contribution in [3.63, 3.8) is 0 Å². The molecule has 1 aliphatic heterocycles. The molecule has 0 atom stereocenters. The summed E-state index contributed by atoms with van der Waals surface area (Å²) >= 11 is 12.0. The largest absolute Gasteiger partial charge is 0.358 e. The van der Waals surface area contributed by atoms with Gasteiger partial charge in [-0.3, -0.25) is 4.79 Å². The van der Waals surface area contributed by atoms with Crippen LogP contribution in [0.4, 0.5) is 5.82 Å². The van der Waals surface area contributed by atoms with Crippen LogP contribution >= 0.6 is 35.1 Å². The average Bonchev–Trinajstić information content (AvgIpc) is 2.95. The smallest absolute Gasteiger partial charge is 0.342 e. The molecule has 0 unspecified atom stereocenters. The van der Waals surface area contributed by atoms with Gasteiger partial charge in [-0.25, -0.2) is 20.1 Å². The number of halogens is 2. The Bertz CT molecular complexity index is 589. The number of hydrogen-bond donors (Lipinski definition) is 2. The lowest BCUT2D eigenvalue weighted by molar-refractivity contribution is -0.391. The number of hydrazine groups is 2. The lowest BCUT2D eigenvalue weighted by Crippen LogP contribution is -2.46. The van der Waals surface area contributed by atoms with Crippen LogP contribution < -0.4 is 10.3 Å². The van der Waals surface area contributed by atoms with Gasteiger partial charge in [0.15, 0.2) is 10.5 Å². The van der Waals surface area contributed by atoms with Crippen molar-refractivity contribution in [2.75, 3.05) is 0 Å². The first-order chi connectivity index (χ1) is 9.41. The van der Waals surface area contributed by atoms with E-state index in [1.165, 1.54) is 16.7 Å². The Kier molecular flexibility index (Phi) is 4.38. The molecule has 1 aromatic rings. The Labute approximate surface area is 127 Å². The fourth-order valence-corrected chi connectivity index (χ4v) is 2.16. The second kappa shape index (κ2) is 5.87. The predicted molar refractivity (Wildman–Crippen MR) is 74.0 cm³/mol. The number of alkyl halides is 2. The quantitative estimate of drug-likeness (QED) is 0.364. The van der Waals surface area contributed by atoms with Gasteiger partial charge in [0.25, 0.3) is 5.91 Å². The number of carbonyl (C=O) groups is 1. The third-order valence-corrected chi connectivity index (χ3v) is 3.38. The molecule has 108 valence electrons.